The van der Waals surface area contributed by atoms with Crippen molar-refractivity contribution in [1.29, 1.82) is 0 Å². The monoisotopic (exact) mass is 258 g/mol. The molecule has 1 aromatic heterocycles. The zero-order valence-corrected chi connectivity index (χ0v) is 11.4. The predicted octanol–water partition coefficient (Wildman–Crippen LogP) is 2.88. The predicted molar refractivity (Wildman–Crippen MR) is 65.8 cm³/mol. The second kappa shape index (κ2) is 6.74. The van der Waals surface area contributed by atoms with Gasteiger partial charge in [-0.3, -0.25) is 4.79 Å². The Morgan fingerprint density at radius 3 is 2.71 bits per heavy atom. The summed E-state index contributed by atoms with van der Waals surface area (Å²) in [5, 5.41) is 0. The van der Waals surface area contributed by atoms with Crippen LogP contribution in [0.2, 0.25) is 0 Å². The van der Waals surface area contributed by atoms with Crippen molar-refractivity contribution in [2.24, 2.45) is 0 Å². The lowest BCUT2D eigenvalue weighted by molar-refractivity contribution is -0.142. The number of rotatable bonds is 6. The Hall–Kier alpha value is -0.910. The molecule has 0 aliphatic heterocycles. The van der Waals surface area contributed by atoms with Crippen molar-refractivity contribution in [3.8, 4) is 0 Å². The van der Waals surface area contributed by atoms with Gasteiger partial charge in [-0.2, -0.15) is 0 Å². The summed E-state index contributed by atoms with van der Waals surface area (Å²) in [6.07, 6.45) is -0.259. The van der Waals surface area contributed by atoms with Crippen LogP contribution < -0.4 is 0 Å². The van der Waals surface area contributed by atoms with Gasteiger partial charge in [0, 0.05) is 23.8 Å². The number of methoxy groups -OCH3 is 1. The largest absolute Gasteiger partial charge is 0.460 e. The second-order valence-corrected chi connectivity index (χ2v) is 4.87. The van der Waals surface area contributed by atoms with Gasteiger partial charge < -0.3 is 14.2 Å². The Morgan fingerprint density at radius 1 is 1.41 bits per heavy atom. The van der Waals surface area contributed by atoms with Gasteiger partial charge in [0.1, 0.15) is 6.61 Å². The van der Waals surface area contributed by atoms with E-state index in [1.165, 1.54) is 6.92 Å². The first-order valence-electron chi connectivity index (χ1n) is 5.43. The number of hydrogen-bond donors (Lipinski definition) is 0. The van der Waals surface area contributed by atoms with Gasteiger partial charge in [-0.05, 0) is 26.0 Å². The lowest BCUT2D eigenvalue weighted by Gasteiger charge is -2.16. The summed E-state index contributed by atoms with van der Waals surface area (Å²) in [5.41, 5.74) is 0. The molecule has 0 aliphatic rings. The van der Waals surface area contributed by atoms with E-state index in [2.05, 4.69) is 0 Å². The first kappa shape index (κ1) is 14.2. The zero-order valence-electron chi connectivity index (χ0n) is 10.6. The molecule has 1 heterocycles. The van der Waals surface area contributed by atoms with E-state index >= 15 is 0 Å². The van der Waals surface area contributed by atoms with Gasteiger partial charge in [-0.15, -0.1) is 11.3 Å². The van der Waals surface area contributed by atoms with Crippen LogP contribution in [0, 0.1) is 0 Å². The van der Waals surface area contributed by atoms with Crippen LogP contribution in [0.5, 0.6) is 0 Å². The number of ether oxygens (including phenoxy) is 3. The highest BCUT2D eigenvalue weighted by atomic mass is 32.1. The van der Waals surface area contributed by atoms with Gasteiger partial charge in [-0.25, -0.2) is 0 Å². The number of esters is 1. The minimum absolute atomic E-state index is 0.0268. The summed E-state index contributed by atoms with van der Waals surface area (Å²) in [6.45, 7) is 5.55. The molecule has 0 radical (unpaired) electrons. The normalized spacial score (nSPS) is 14.4. The molecule has 5 heteroatoms. The molecule has 0 aromatic carbocycles. The van der Waals surface area contributed by atoms with E-state index in [0.717, 1.165) is 9.75 Å². The summed E-state index contributed by atoms with van der Waals surface area (Å²) in [5.74, 6) is -0.266. The third-order valence-electron chi connectivity index (χ3n) is 2.23. The lowest BCUT2D eigenvalue weighted by Crippen LogP contribution is -2.12. The average molecular weight is 258 g/mol. The summed E-state index contributed by atoms with van der Waals surface area (Å²) in [7, 11) is 1.61. The highest BCUT2D eigenvalue weighted by molar-refractivity contribution is 7.12. The Morgan fingerprint density at radius 2 is 2.12 bits per heavy atom. The molecule has 2 atom stereocenters. The third kappa shape index (κ3) is 4.85. The van der Waals surface area contributed by atoms with Crippen LogP contribution in [0.1, 0.15) is 36.6 Å². The van der Waals surface area contributed by atoms with Gasteiger partial charge in [0.25, 0.3) is 0 Å². The topological polar surface area (TPSA) is 44.8 Å². The quantitative estimate of drug-likeness (QED) is 0.581. The molecule has 0 fully saturated rings. The second-order valence-electron chi connectivity index (χ2n) is 3.67. The van der Waals surface area contributed by atoms with Gasteiger partial charge in [-0.1, -0.05) is 0 Å². The van der Waals surface area contributed by atoms with Crippen LogP contribution in [0.15, 0.2) is 12.1 Å². The maximum atomic E-state index is 10.7. The smallest absolute Gasteiger partial charge is 0.302 e. The zero-order chi connectivity index (χ0) is 12.8. The van der Waals surface area contributed by atoms with E-state index in [1.807, 2.05) is 26.0 Å². The number of thiophene rings is 1. The standard InChI is InChI=1S/C12H18O4S/c1-8(16-10(3)14-4)12-6-5-11(17-12)7-15-9(2)13/h5-6,8,10H,7H2,1-4H3. The van der Waals surface area contributed by atoms with E-state index in [-0.39, 0.29) is 18.4 Å². The van der Waals surface area contributed by atoms with E-state index in [4.69, 9.17) is 14.2 Å². The molecule has 17 heavy (non-hydrogen) atoms. The van der Waals surface area contributed by atoms with E-state index in [0.29, 0.717) is 6.61 Å². The first-order valence-corrected chi connectivity index (χ1v) is 6.24. The molecular formula is C12H18O4S. The molecular weight excluding hydrogens is 240 g/mol. The Labute approximate surface area is 105 Å². The van der Waals surface area contributed by atoms with Gasteiger partial charge in [0.2, 0.25) is 0 Å². The van der Waals surface area contributed by atoms with Gasteiger partial charge >= 0.3 is 5.97 Å². The molecule has 0 saturated carbocycles. The minimum Gasteiger partial charge on any atom is -0.460 e. The van der Waals surface area contributed by atoms with Crippen LogP contribution in [0.25, 0.3) is 0 Å². The van der Waals surface area contributed by atoms with Crippen molar-refractivity contribution in [2.75, 3.05) is 7.11 Å². The maximum absolute atomic E-state index is 10.7. The van der Waals surface area contributed by atoms with Crippen molar-refractivity contribution in [3.63, 3.8) is 0 Å². The number of hydrogen-bond acceptors (Lipinski definition) is 5. The third-order valence-corrected chi connectivity index (χ3v) is 3.45. The van der Waals surface area contributed by atoms with Crippen LogP contribution in [0.4, 0.5) is 0 Å². The molecule has 1 rings (SSSR count). The van der Waals surface area contributed by atoms with Crippen LogP contribution >= 0.6 is 11.3 Å². The molecule has 0 bridgehead atoms. The van der Waals surface area contributed by atoms with Crippen LogP contribution in [-0.2, 0) is 25.6 Å². The Kier molecular flexibility index (Phi) is 5.61. The molecule has 0 aliphatic carbocycles. The summed E-state index contributed by atoms with van der Waals surface area (Å²) in [4.78, 5) is 12.8. The van der Waals surface area contributed by atoms with Crippen LogP contribution in [0.3, 0.4) is 0 Å². The molecule has 96 valence electrons. The SMILES string of the molecule is COC(C)OC(C)c1ccc(COC(C)=O)s1. The molecule has 1 aromatic rings. The van der Waals surface area contributed by atoms with E-state index in [9.17, 15) is 4.79 Å². The molecule has 4 nitrogen and oxygen atoms in total. The molecule has 0 N–H and O–H groups in total. The Bertz CT molecular complexity index is 361. The summed E-state index contributed by atoms with van der Waals surface area (Å²) in [6, 6.07) is 3.93. The minimum atomic E-state index is -0.266. The van der Waals surface area contributed by atoms with Crippen molar-refractivity contribution < 1.29 is 19.0 Å². The fourth-order valence-electron chi connectivity index (χ4n) is 1.27. The number of carbonyl (C=O) groups is 1. The van der Waals surface area contributed by atoms with Gasteiger partial charge in [0.15, 0.2) is 6.29 Å². The lowest BCUT2D eigenvalue weighted by atomic mass is 10.3. The number of carbonyl (C=O) groups excluding carboxylic acids is 1. The molecule has 0 amide bonds. The molecule has 0 saturated heterocycles. The van der Waals surface area contributed by atoms with Crippen molar-refractivity contribution in [3.05, 3.63) is 21.9 Å². The molecule has 0 spiro atoms. The average Bonchev–Trinajstić information content (AvgIpc) is 2.74. The van der Waals surface area contributed by atoms with E-state index < -0.39 is 0 Å². The Balaban J connectivity index is 2.51. The summed E-state index contributed by atoms with van der Waals surface area (Å²) < 4.78 is 15.6. The summed E-state index contributed by atoms with van der Waals surface area (Å²) >= 11 is 1.58. The fourth-order valence-corrected chi connectivity index (χ4v) is 2.19. The highest BCUT2D eigenvalue weighted by Crippen LogP contribution is 2.27. The first-order chi connectivity index (χ1) is 8.02. The van der Waals surface area contributed by atoms with Crippen LogP contribution in [-0.4, -0.2) is 19.4 Å². The molecule has 2 unspecified atom stereocenters. The highest BCUT2D eigenvalue weighted by Gasteiger charge is 2.12. The van der Waals surface area contributed by atoms with Crippen molar-refractivity contribution >= 4 is 17.3 Å². The van der Waals surface area contributed by atoms with Gasteiger partial charge in [0.05, 0.1) is 6.10 Å². The maximum Gasteiger partial charge on any atom is 0.302 e. The van der Waals surface area contributed by atoms with Crippen molar-refractivity contribution in [2.45, 2.75) is 39.8 Å². The fraction of sp³-hybridized carbons (Fsp3) is 0.583. The van der Waals surface area contributed by atoms with Crippen molar-refractivity contribution in [1.82, 2.24) is 0 Å². The van der Waals surface area contributed by atoms with E-state index in [1.54, 1.807) is 18.4 Å².